The molecule has 0 aliphatic carbocycles. The van der Waals surface area contributed by atoms with Crippen molar-refractivity contribution in [1.82, 2.24) is 5.32 Å². The Kier molecular flexibility index (Phi) is 38.2. The fourth-order valence-corrected chi connectivity index (χ4v) is 6.33. The highest BCUT2D eigenvalue weighted by atomic mass is 16.3. The first-order valence-electron chi connectivity index (χ1n) is 21.3. The molecule has 5 heteroatoms. The van der Waals surface area contributed by atoms with Gasteiger partial charge < -0.3 is 20.6 Å². The lowest BCUT2D eigenvalue weighted by Crippen LogP contribution is -2.48. The maximum absolute atomic E-state index is 12.4. The summed E-state index contributed by atoms with van der Waals surface area (Å²) in [6.45, 7) is 4.16. The van der Waals surface area contributed by atoms with Crippen molar-refractivity contribution in [3.63, 3.8) is 0 Å². The Morgan fingerprint density at radius 3 is 1.24 bits per heavy atom. The SMILES string of the molecule is CCCCCCCCCCCCCCC/C=C/CC/C=C/CC/C=C/C(O)C(CO)NC(=O)C(O)CCCCCCCCCCCCCC. The molecule has 1 amide bonds. The molecule has 0 radical (unpaired) electrons. The van der Waals surface area contributed by atoms with Gasteiger partial charge in [-0.05, 0) is 44.9 Å². The largest absolute Gasteiger partial charge is 0.394 e. The molecule has 0 saturated carbocycles. The van der Waals surface area contributed by atoms with Gasteiger partial charge in [-0.25, -0.2) is 0 Å². The number of nitrogens with one attached hydrogen (secondary N) is 1. The quantitative estimate of drug-likeness (QED) is 0.0384. The van der Waals surface area contributed by atoms with Crippen molar-refractivity contribution in [2.24, 2.45) is 0 Å². The second kappa shape index (κ2) is 39.4. The van der Waals surface area contributed by atoms with Crippen molar-refractivity contribution in [3.05, 3.63) is 36.5 Å². The molecular formula is C44H83NO4. The van der Waals surface area contributed by atoms with Crippen LogP contribution in [0.4, 0.5) is 0 Å². The smallest absolute Gasteiger partial charge is 0.249 e. The highest BCUT2D eigenvalue weighted by molar-refractivity contribution is 5.80. The highest BCUT2D eigenvalue weighted by Crippen LogP contribution is 2.15. The summed E-state index contributed by atoms with van der Waals surface area (Å²) in [5.41, 5.74) is 0. The van der Waals surface area contributed by atoms with Crippen molar-refractivity contribution in [1.29, 1.82) is 0 Å². The zero-order valence-electron chi connectivity index (χ0n) is 32.6. The molecule has 0 heterocycles. The summed E-state index contributed by atoms with van der Waals surface area (Å²) in [6, 6.07) is -0.817. The van der Waals surface area contributed by atoms with Crippen LogP contribution in [0.5, 0.6) is 0 Å². The first-order valence-corrected chi connectivity index (χ1v) is 21.3. The summed E-state index contributed by atoms with van der Waals surface area (Å²) in [7, 11) is 0. The molecule has 3 atom stereocenters. The van der Waals surface area contributed by atoms with Gasteiger partial charge in [-0.3, -0.25) is 4.79 Å². The van der Waals surface area contributed by atoms with Crippen molar-refractivity contribution in [2.75, 3.05) is 6.61 Å². The van der Waals surface area contributed by atoms with Gasteiger partial charge in [0.05, 0.1) is 18.8 Å². The van der Waals surface area contributed by atoms with Crippen LogP contribution in [0.3, 0.4) is 0 Å². The molecule has 4 N–H and O–H groups in total. The Balaban J connectivity index is 3.74. The van der Waals surface area contributed by atoms with Crippen LogP contribution in [-0.4, -0.2) is 46.1 Å². The minimum atomic E-state index is -1.10. The normalized spacial score (nSPS) is 14.0. The third-order valence-corrected chi connectivity index (χ3v) is 9.71. The number of hydrogen-bond acceptors (Lipinski definition) is 4. The third kappa shape index (κ3) is 34.8. The van der Waals surface area contributed by atoms with Gasteiger partial charge in [-0.15, -0.1) is 0 Å². The van der Waals surface area contributed by atoms with Gasteiger partial charge in [-0.1, -0.05) is 204 Å². The number of carbonyl (C=O) groups is 1. The second-order valence-electron chi connectivity index (χ2n) is 14.5. The van der Waals surface area contributed by atoms with Crippen LogP contribution in [0.1, 0.15) is 213 Å². The molecule has 0 aromatic heterocycles. The zero-order valence-corrected chi connectivity index (χ0v) is 32.6. The number of aliphatic hydroxyl groups is 3. The van der Waals surface area contributed by atoms with E-state index in [1.54, 1.807) is 6.08 Å². The molecule has 0 aromatic rings. The van der Waals surface area contributed by atoms with Crippen LogP contribution in [0.2, 0.25) is 0 Å². The molecule has 0 aliphatic rings. The van der Waals surface area contributed by atoms with Crippen molar-refractivity contribution in [3.8, 4) is 0 Å². The summed E-state index contributed by atoms with van der Waals surface area (Å²) < 4.78 is 0. The van der Waals surface area contributed by atoms with Gasteiger partial charge >= 0.3 is 0 Å². The van der Waals surface area contributed by atoms with Gasteiger partial charge in [0.15, 0.2) is 0 Å². The monoisotopic (exact) mass is 690 g/mol. The number of rotatable bonds is 38. The second-order valence-corrected chi connectivity index (χ2v) is 14.5. The van der Waals surface area contributed by atoms with Crippen LogP contribution in [0.25, 0.3) is 0 Å². The molecule has 0 fully saturated rings. The molecule has 0 saturated heterocycles. The van der Waals surface area contributed by atoms with Crippen LogP contribution < -0.4 is 5.32 Å². The summed E-state index contributed by atoms with van der Waals surface area (Å²) >= 11 is 0. The minimum Gasteiger partial charge on any atom is -0.394 e. The average molecular weight is 690 g/mol. The first-order chi connectivity index (χ1) is 24.1. The number of aliphatic hydroxyl groups excluding tert-OH is 3. The Bertz CT molecular complexity index is 764. The van der Waals surface area contributed by atoms with Crippen molar-refractivity contribution < 1.29 is 20.1 Å². The van der Waals surface area contributed by atoms with E-state index in [2.05, 4.69) is 43.5 Å². The molecule has 49 heavy (non-hydrogen) atoms. The Morgan fingerprint density at radius 2 is 0.837 bits per heavy atom. The zero-order chi connectivity index (χ0) is 35.9. The van der Waals surface area contributed by atoms with Crippen LogP contribution >= 0.6 is 0 Å². The topological polar surface area (TPSA) is 89.8 Å². The third-order valence-electron chi connectivity index (χ3n) is 9.71. The van der Waals surface area contributed by atoms with E-state index in [1.165, 1.54) is 148 Å². The Morgan fingerprint density at radius 1 is 0.490 bits per heavy atom. The lowest BCUT2D eigenvalue weighted by Gasteiger charge is -2.21. The maximum Gasteiger partial charge on any atom is 0.249 e. The summed E-state index contributed by atoms with van der Waals surface area (Å²) in [6.07, 6.45) is 48.9. The van der Waals surface area contributed by atoms with Crippen molar-refractivity contribution in [2.45, 2.75) is 231 Å². The number of amides is 1. The molecular weight excluding hydrogens is 606 g/mol. The van der Waals surface area contributed by atoms with Gasteiger partial charge in [0, 0.05) is 0 Å². The van der Waals surface area contributed by atoms with E-state index in [0.29, 0.717) is 6.42 Å². The number of unbranched alkanes of at least 4 members (excludes halogenated alkanes) is 26. The lowest BCUT2D eigenvalue weighted by atomic mass is 10.0. The predicted molar refractivity (Wildman–Crippen MR) is 213 cm³/mol. The molecule has 0 aliphatic heterocycles. The standard InChI is InChI=1S/C44H83NO4/c1-3-5-7-9-11-13-15-17-18-19-20-21-22-23-24-25-26-27-29-30-32-34-36-38-42(47)41(40-46)45-44(49)43(48)39-37-35-33-31-28-16-14-12-10-8-6-4-2/h24-25,29-30,36,38,41-43,46-48H,3-23,26-28,31-35,37,39-40H2,1-2H3,(H,45,49)/b25-24+,30-29+,38-36+. The Labute approximate surface area is 304 Å². The van der Waals surface area contributed by atoms with E-state index < -0.39 is 24.2 Å². The lowest BCUT2D eigenvalue weighted by molar-refractivity contribution is -0.131. The number of carbonyl (C=O) groups excluding carboxylic acids is 1. The maximum atomic E-state index is 12.4. The first kappa shape index (κ1) is 47.6. The van der Waals surface area contributed by atoms with Crippen LogP contribution in [0.15, 0.2) is 36.5 Å². The van der Waals surface area contributed by atoms with Gasteiger partial charge in [0.25, 0.3) is 0 Å². The fourth-order valence-electron chi connectivity index (χ4n) is 6.33. The molecule has 5 nitrogen and oxygen atoms in total. The molecule has 0 aromatic carbocycles. The average Bonchev–Trinajstić information content (AvgIpc) is 3.11. The van der Waals surface area contributed by atoms with Gasteiger partial charge in [-0.2, -0.15) is 0 Å². The summed E-state index contributed by atoms with van der Waals surface area (Å²) in [5, 5.41) is 33.0. The predicted octanol–water partition coefficient (Wildman–Crippen LogP) is 12.0. The van der Waals surface area contributed by atoms with Gasteiger partial charge in [0.2, 0.25) is 5.91 Å². The van der Waals surface area contributed by atoms with Crippen LogP contribution in [0, 0.1) is 0 Å². The van der Waals surface area contributed by atoms with Crippen molar-refractivity contribution >= 4 is 5.91 Å². The Hall–Kier alpha value is -1.43. The fraction of sp³-hybridized carbons (Fsp3) is 0.841. The van der Waals surface area contributed by atoms with E-state index in [4.69, 9.17) is 0 Å². The van der Waals surface area contributed by atoms with Gasteiger partial charge in [0.1, 0.15) is 6.10 Å². The van der Waals surface area contributed by atoms with E-state index >= 15 is 0 Å². The molecule has 288 valence electrons. The van der Waals surface area contributed by atoms with Crippen LogP contribution in [-0.2, 0) is 4.79 Å². The van der Waals surface area contributed by atoms with E-state index in [9.17, 15) is 20.1 Å². The summed E-state index contributed by atoms with van der Waals surface area (Å²) in [4.78, 5) is 12.4. The molecule has 0 rings (SSSR count). The molecule has 0 bridgehead atoms. The summed E-state index contributed by atoms with van der Waals surface area (Å²) in [5.74, 6) is -0.518. The van der Waals surface area contributed by atoms with E-state index in [-0.39, 0.29) is 6.61 Å². The minimum absolute atomic E-state index is 0.380. The molecule has 3 unspecified atom stereocenters. The molecule has 0 spiro atoms. The van der Waals surface area contributed by atoms with E-state index in [1.807, 2.05) is 6.08 Å². The number of hydrogen-bond donors (Lipinski definition) is 4. The number of allylic oxidation sites excluding steroid dienone is 5. The van der Waals surface area contributed by atoms with E-state index in [0.717, 1.165) is 44.9 Å². The highest BCUT2D eigenvalue weighted by Gasteiger charge is 2.22.